The molecular weight excluding hydrogens is 394 g/mol. The van der Waals surface area contributed by atoms with Crippen molar-refractivity contribution in [3.05, 3.63) is 6.07 Å². The lowest BCUT2D eigenvalue weighted by atomic mass is 10.5. The Balaban J connectivity index is 3.85. The Morgan fingerprint density at radius 1 is 1.62 bits per heavy atom. The molecule has 0 saturated carbocycles. The van der Waals surface area contributed by atoms with E-state index >= 15 is 0 Å². The summed E-state index contributed by atoms with van der Waals surface area (Å²) >= 11 is 7.70. The van der Waals surface area contributed by atoms with Gasteiger partial charge in [0.15, 0.2) is 0 Å². The summed E-state index contributed by atoms with van der Waals surface area (Å²) < 4.78 is 2.29. The van der Waals surface area contributed by atoms with Crippen molar-refractivity contribution in [3.63, 3.8) is 0 Å². The molecule has 0 rings (SSSR count). The summed E-state index contributed by atoms with van der Waals surface area (Å²) in [6.45, 7) is 0. The monoisotopic (exact) mass is 396 g/mol. The summed E-state index contributed by atoms with van der Waals surface area (Å²) in [6.07, 6.45) is 5.78. The molecule has 0 aliphatic rings. The maximum absolute atomic E-state index is 5.05. The van der Waals surface area contributed by atoms with Crippen molar-refractivity contribution < 1.29 is 0 Å². The van der Waals surface area contributed by atoms with Crippen molar-refractivity contribution in [2.24, 2.45) is 0 Å². The zero-order chi connectivity index (χ0) is 6.57. The maximum atomic E-state index is 5.05. The van der Waals surface area contributed by atoms with Crippen molar-refractivity contribution >= 4 is 61.1 Å². The second-order valence-corrected chi connectivity index (χ2v) is 5.70. The highest BCUT2D eigenvalue weighted by atomic mass is 127. The van der Waals surface area contributed by atoms with E-state index in [0.717, 1.165) is 8.91 Å². The van der Waals surface area contributed by atoms with Gasteiger partial charge in [-0.1, -0.05) is 0 Å². The molecule has 0 aromatic rings. The lowest BCUT2D eigenvalue weighted by molar-refractivity contribution is 1.47. The van der Waals surface area contributed by atoms with Crippen LogP contribution in [-0.4, -0.2) is 0 Å². The average molecular weight is 397 g/mol. The van der Waals surface area contributed by atoms with Gasteiger partial charge in [-0.05, 0) is 61.1 Å². The molecule has 0 bridgehead atoms. The molecule has 0 spiro atoms. The van der Waals surface area contributed by atoms with Crippen LogP contribution in [0.5, 0.6) is 0 Å². The second kappa shape index (κ2) is 5.06. The number of hydrogen-bond acceptors (Lipinski definition) is 0. The first-order valence-corrected chi connectivity index (χ1v) is 4.76. The van der Waals surface area contributed by atoms with Gasteiger partial charge in [0.1, 0.15) is 0 Å². The van der Waals surface area contributed by atoms with E-state index in [1.165, 1.54) is 3.58 Å². The van der Waals surface area contributed by atoms with E-state index in [0.29, 0.717) is 0 Å². The summed E-state index contributed by atoms with van der Waals surface area (Å²) in [5.74, 6) is 2.55. The van der Waals surface area contributed by atoms with Gasteiger partial charge in [-0.2, -0.15) is 0 Å². The van der Waals surface area contributed by atoms with Crippen molar-refractivity contribution in [3.8, 4) is 12.3 Å². The predicted octanol–water partition coefficient (Wildman–Crippen LogP) is 3.44. The highest BCUT2D eigenvalue weighted by Gasteiger charge is 1.91. The predicted molar refractivity (Wildman–Crippen MR) is 57.4 cm³/mol. The van der Waals surface area contributed by atoms with Crippen LogP contribution in [0.4, 0.5) is 0 Å². The molecule has 0 heterocycles. The maximum Gasteiger partial charge on any atom is 0.0661 e. The Morgan fingerprint density at radius 3 is 2.25 bits per heavy atom. The quantitative estimate of drug-likeness (QED) is 0.470. The number of hydrogen-bond donors (Lipinski definition) is 0. The molecule has 44 valence electrons. The molecule has 0 unspecified atom stereocenters. The fourth-order valence-electron chi connectivity index (χ4n) is 0.156. The third-order valence-corrected chi connectivity index (χ3v) is 4.29. The molecule has 8 heavy (non-hydrogen) atoms. The highest BCUT2D eigenvalue weighted by molar-refractivity contribution is 14.1. The lowest BCUT2D eigenvalue weighted by Gasteiger charge is -1.88. The van der Waals surface area contributed by atoms with Gasteiger partial charge in [-0.15, -0.1) is 12.3 Å². The molecule has 0 saturated heterocycles. The van der Waals surface area contributed by atoms with Crippen LogP contribution in [0.15, 0.2) is 6.07 Å². The fourth-order valence-corrected chi connectivity index (χ4v) is 0.708. The largest absolute Gasteiger partial charge is 0.120 e. The van der Waals surface area contributed by atoms with E-state index in [-0.39, 0.29) is 0 Å². The average Bonchev–Trinajstić information content (AvgIpc) is 1.67. The van der Waals surface area contributed by atoms with Crippen LogP contribution in [0.3, 0.4) is 0 Å². The van der Waals surface area contributed by atoms with Crippen LogP contribution >= 0.6 is 61.1 Å². The first kappa shape index (κ1) is 9.24. The lowest BCUT2D eigenvalue weighted by Crippen LogP contribution is -1.65. The van der Waals surface area contributed by atoms with E-state index in [1.807, 2.05) is 0 Å². The molecule has 3 heteroatoms. The molecule has 0 nitrogen and oxygen atoms in total. The minimum atomic E-state index is 0.726. The molecule has 0 N–H and O–H groups in total. The Hall–Kier alpha value is 1.24. The van der Waals surface area contributed by atoms with Gasteiger partial charge in [0.2, 0.25) is 0 Å². The SMILES string of the molecule is C#CCC(I)=C(Br)I. The van der Waals surface area contributed by atoms with Crippen molar-refractivity contribution in [2.45, 2.75) is 6.42 Å². The molecular formula is C5H3BrI2. The molecule has 0 aliphatic heterocycles. The Bertz CT molecular complexity index is 139. The molecule has 0 radical (unpaired) electrons. The molecule has 0 aliphatic carbocycles. The molecule has 0 aromatic heterocycles. The smallest absolute Gasteiger partial charge is 0.0661 e. The molecule has 0 atom stereocenters. The van der Waals surface area contributed by atoms with Gasteiger partial charge in [0.05, 0.1) is 2.49 Å². The summed E-state index contributed by atoms with van der Waals surface area (Å²) in [5, 5.41) is 0. The van der Waals surface area contributed by atoms with Crippen LogP contribution in [-0.2, 0) is 0 Å². The summed E-state index contributed by atoms with van der Waals surface area (Å²) in [5.41, 5.74) is 0. The first-order chi connectivity index (χ1) is 3.68. The van der Waals surface area contributed by atoms with E-state index in [2.05, 4.69) is 67.0 Å². The van der Waals surface area contributed by atoms with Crippen LogP contribution in [0.2, 0.25) is 0 Å². The number of halogens is 3. The van der Waals surface area contributed by atoms with Crippen LogP contribution < -0.4 is 0 Å². The van der Waals surface area contributed by atoms with Crippen LogP contribution in [0.25, 0.3) is 0 Å². The van der Waals surface area contributed by atoms with Gasteiger partial charge >= 0.3 is 0 Å². The first-order valence-electron chi connectivity index (χ1n) is 1.81. The standard InChI is InChI=1S/C5H3BrI2/c1-2-3-4(7)5(6)8/h1H,3H2. The number of terminal acetylenes is 1. The Labute approximate surface area is 84.9 Å². The third kappa shape index (κ3) is 4.15. The summed E-state index contributed by atoms with van der Waals surface area (Å²) in [6, 6.07) is 0. The van der Waals surface area contributed by atoms with Crippen molar-refractivity contribution in [1.29, 1.82) is 0 Å². The summed E-state index contributed by atoms with van der Waals surface area (Å²) in [7, 11) is 0. The van der Waals surface area contributed by atoms with Gasteiger partial charge in [-0.3, -0.25) is 0 Å². The normalized spacial score (nSPS) is 12.2. The van der Waals surface area contributed by atoms with Crippen molar-refractivity contribution in [2.75, 3.05) is 0 Å². The Morgan fingerprint density at radius 2 is 2.12 bits per heavy atom. The van der Waals surface area contributed by atoms with E-state index in [4.69, 9.17) is 6.42 Å². The molecule has 0 aromatic carbocycles. The van der Waals surface area contributed by atoms with Crippen LogP contribution in [0.1, 0.15) is 6.42 Å². The number of rotatable bonds is 1. The second-order valence-electron chi connectivity index (χ2n) is 1.05. The van der Waals surface area contributed by atoms with Crippen LogP contribution in [0, 0.1) is 12.3 Å². The van der Waals surface area contributed by atoms with E-state index < -0.39 is 0 Å². The summed E-state index contributed by atoms with van der Waals surface area (Å²) in [4.78, 5) is 0. The zero-order valence-electron chi connectivity index (χ0n) is 3.92. The van der Waals surface area contributed by atoms with Gasteiger partial charge in [-0.25, -0.2) is 0 Å². The third-order valence-electron chi connectivity index (χ3n) is 0.462. The number of allylic oxidation sites excluding steroid dienone is 1. The van der Waals surface area contributed by atoms with Gasteiger partial charge in [0.25, 0.3) is 0 Å². The minimum absolute atomic E-state index is 0.726. The Kier molecular flexibility index (Phi) is 5.84. The molecule has 0 amide bonds. The van der Waals surface area contributed by atoms with Crippen molar-refractivity contribution in [1.82, 2.24) is 0 Å². The van der Waals surface area contributed by atoms with Gasteiger partial charge < -0.3 is 0 Å². The zero-order valence-corrected chi connectivity index (χ0v) is 9.82. The topological polar surface area (TPSA) is 0 Å². The fraction of sp³-hybridized carbons (Fsp3) is 0.200. The van der Waals surface area contributed by atoms with E-state index in [1.54, 1.807) is 0 Å². The highest BCUT2D eigenvalue weighted by Crippen LogP contribution is 2.26. The van der Waals surface area contributed by atoms with E-state index in [9.17, 15) is 0 Å². The molecule has 0 fully saturated rings. The van der Waals surface area contributed by atoms with Gasteiger partial charge in [0, 0.05) is 10.0 Å². The minimum Gasteiger partial charge on any atom is -0.120 e.